The van der Waals surface area contributed by atoms with Gasteiger partial charge in [0.2, 0.25) is 0 Å². The molecule has 7 nitrogen and oxygen atoms in total. The first kappa shape index (κ1) is 13.1. The molecule has 0 aliphatic heterocycles. The molecule has 1 aromatic rings. The normalized spacial score (nSPS) is 11.1. The van der Waals surface area contributed by atoms with Crippen LogP contribution in [0.5, 0.6) is 0 Å². The Kier molecular flexibility index (Phi) is 4.19. The lowest BCUT2D eigenvalue weighted by atomic mass is 10.0. The monoisotopic (exact) mass is 241 g/mol. The minimum atomic E-state index is -1.47. The van der Waals surface area contributed by atoms with E-state index in [1.165, 1.54) is 0 Å². The molecule has 0 saturated heterocycles. The molecule has 0 amide bonds. The third-order valence-corrected chi connectivity index (χ3v) is 2.15. The number of hydrogen-bond acceptors (Lipinski definition) is 4. The van der Waals surface area contributed by atoms with E-state index in [9.17, 15) is 9.59 Å². The SMILES string of the molecule is CC(C)Cn1cc(CC(C(=O)O)C(=O)O)nn1. The van der Waals surface area contributed by atoms with Crippen LogP contribution in [0.1, 0.15) is 19.5 Å². The van der Waals surface area contributed by atoms with Crippen molar-refractivity contribution in [3.8, 4) is 0 Å². The van der Waals surface area contributed by atoms with Crippen molar-refractivity contribution in [2.45, 2.75) is 26.8 Å². The molecule has 0 bridgehead atoms. The van der Waals surface area contributed by atoms with Crippen molar-refractivity contribution in [3.63, 3.8) is 0 Å². The Bertz CT molecular complexity index is 399. The number of aromatic nitrogens is 3. The smallest absolute Gasteiger partial charge is 0.318 e. The van der Waals surface area contributed by atoms with Crippen LogP contribution in [-0.2, 0) is 22.6 Å². The first-order chi connectivity index (χ1) is 7.90. The predicted octanol–water partition coefficient (Wildman–Crippen LogP) is 0.262. The highest BCUT2D eigenvalue weighted by atomic mass is 16.4. The second-order valence-corrected chi connectivity index (χ2v) is 4.26. The zero-order valence-corrected chi connectivity index (χ0v) is 9.70. The van der Waals surface area contributed by atoms with Crippen molar-refractivity contribution in [1.82, 2.24) is 15.0 Å². The number of carbonyl (C=O) groups is 2. The first-order valence-electron chi connectivity index (χ1n) is 5.24. The molecule has 0 aliphatic carbocycles. The molecule has 0 radical (unpaired) electrons. The van der Waals surface area contributed by atoms with E-state index < -0.39 is 17.9 Å². The van der Waals surface area contributed by atoms with Gasteiger partial charge >= 0.3 is 11.9 Å². The predicted molar refractivity (Wildman–Crippen MR) is 57.3 cm³/mol. The first-order valence-corrected chi connectivity index (χ1v) is 5.24. The van der Waals surface area contributed by atoms with E-state index in [1.54, 1.807) is 10.9 Å². The van der Waals surface area contributed by atoms with Gasteiger partial charge in [0.1, 0.15) is 0 Å². The fourth-order valence-corrected chi connectivity index (χ4v) is 1.38. The molecule has 17 heavy (non-hydrogen) atoms. The summed E-state index contributed by atoms with van der Waals surface area (Å²) in [6.45, 7) is 4.69. The number of nitrogens with zero attached hydrogens (tertiary/aromatic N) is 3. The lowest BCUT2D eigenvalue weighted by Crippen LogP contribution is -2.25. The van der Waals surface area contributed by atoms with Crippen LogP contribution in [0, 0.1) is 11.8 Å². The van der Waals surface area contributed by atoms with Gasteiger partial charge < -0.3 is 10.2 Å². The summed E-state index contributed by atoms with van der Waals surface area (Å²) in [5, 5.41) is 25.0. The van der Waals surface area contributed by atoms with Crippen LogP contribution >= 0.6 is 0 Å². The summed E-state index contributed by atoms with van der Waals surface area (Å²) in [6.07, 6.45) is 1.43. The van der Waals surface area contributed by atoms with E-state index in [2.05, 4.69) is 10.3 Å². The molecule has 0 aliphatic rings. The average Bonchev–Trinajstić information content (AvgIpc) is 2.59. The molecule has 7 heteroatoms. The number of carboxylic acids is 2. The second kappa shape index (κ2) is 5.42. The minimum absolute atomic E-state index is 0.150. The maximum absolute atomic E-state index is 10.7. The van der Waals surface area contributed by atoms with Crippen LogP contribution in [0.15, 0.2) is 6.20 Å². The quantitative estimate of drug-likeness (QED) is 0.692. The van der Waals surface area contributed by atoms with Crippen molar-refractivity contribution in [1.29, 1.82) is 0 Å². The molecule has 0 atom stereocenters. The van der Waals surface area contributed by atoms with Gasteiger partial charge in [-0.2, -0.15) is 0 Å². The highest BCUT2D eigenvalue weighted by molar-refractivity contribution is 5.93. The highest BCUT2D eigenvalue weighted by Crippen LogP contribution is 2.07. The fraction of sp³-hybridized carbons (Fsp3) is 0.600. The molecule has 0 spiro atoms. The Balaban J connectivity index is 2.70. The number of rotatable bonds is 6. The van der Waals surface area contributed by atoms with Gasteiger partial charge in [0, 0.05) is 19.2 Å². The van der Waals surface area contributed by atoms with E-state index in [0.29, 0.717) is 18.2 Å². The van der Waals surface area contributed by atoms with E-state index in [0.717, 1.165) is 0 Å². The zero-order valence-electron chi connectivity index (χ0n) is 9.70. The second-order valence-electron chi connectivity index (χ2n) is 4.26. The lowest BCUT2D eigenvalue weighted by Gasteiger charge is -2.04. The summed E-state index contributed by atoms with van der Waals surface area (Å²) in [7, 11) is 0. The minimum Gasteiger partial charge on any atom is -0.481 e. The van der Waals surface area contributed by atoms with E-state index >= 15 is 0 Å². The molecule has 94 valence electrons. The van der Waals surface area contributed by atoms with Crippen LogP contribution in [0.25, 0.3) is 0 Å². The Morgan fingerprint density at radius 2 is 1.94 bits per heavy atom. The third-order valence-electron chi connectivity index (χ3n) is 2.15. The molecular formula is C10H15N3O4. The number of hydrogen-bond donors (Lipinski definition) is 2. The van der Waals surface area contributed by atoms with Crippen molar-refractivity contribution in [3.05, 3.63) is 11.9 Å². The van der Waals surface area contributed by atoms with Crippen LogP contribution in [0.3, 0.4) is 0 Å². The Morgan fingerprint density at radius 3 is 2.41 bits per heavy atom. The van der Waals surface area contributed by atoms with E-state index in [1.807, 2.05) is 13.8 Å². The van der Waals surface area contributed by atoms with Crippen LogP contribution in [0.4, 0.5) is 0 Å². The van der Waals surface area contributed by atoms with Gasteiger partial charge in [0.15, 0.2) is 5.92 Å². The zero-order chi connectivity index (χ0) is 13.0. The Morgan fingerprint density at radius 1 is 1.35 bits per heavy atom. The van der Waals surface area contributed by atoms with Gasteiger partial charge in [-0.05, 0) is 5.92 Å². The van der Waals surface area contributed by atoms with Gasteiger partial charge in [-0.25, -0.2) is 0 Å². The van der Waals surface area contributed by atoms with Gasteiger partial charge in [-0.1, -0.05) is 19.1 Å². The van der Waals surface area contributed by atoms with Crippen molar-refractivity contribution in [2.24, 2.45) is 11.8 Å². The summed E-state index contributed by atoms with van der Waals surface area (Å²) in [5.41, 5.74) is 0.375. The summed E-state index contributed by atoms with van der Waals surface area (Å²) in [5.74, 6) is -3.81. The summed E-state index contributed by atoms with van der Waals surface area (Å²) in [4.78, 5) is 21.4. The molecule has 1 rings (SSSR count). The maximum Gasteiger partial charge on any atom is 0.318 e. The van der Waals surface area contributed by atoms with E-state index in [-0.39, 0.29) is 6.42 Å². The molecule has 0 saturated carbocycles. The molecular weight excluding hydrogens is 226 g/mol. The summed E-state index contributed by atoms with van der Waals surface area (Å²) in [6, 6.07) is 0. The van der Waals surface area contributed by atoms with Gasteiger partial charge in [0.25, 0.3) is 0 Å². The molecule has 2 N–H and O–H groups in total. The summed E-state index contributed by atoms with van der Waals surface area (Å²) < 4.78 is 1.58. The van der Waals surface area contributed by atoms with Crippen LogP contribution in [0.2, 0.25) is 0 Å². The number of aliphatic carboxylic acids is 2. The average molecular weight is 241 g/mol. The number of carboxylic acid groups (broad SMARTS) is 2. The van der Waals surface area contributed by atoms with Gasteiger partial charge in [0.05, 0.1) is 5.69 Å². The molecule has 0 fully saturated rings. The van der Waals surface area contributed by atoms with Gasteiger partial charge in [-0.3, -0.25) is 14.3 Å². The topological polar surface area (TPSA) is 105 Å². The van der Waals surface area contributed by atoms with E-state index in [4.69, 9.17) is 10.2 Å². The standard InChI is InChI=1S/C10H15N3O4/c1-6(2)4-13-5-7(11-12-13)3-8(9(14)15)10(16)17/h5-6,8H,3-4H2,1-2H3,(H,14,15)(H,16,17). The molecule has 0 unspecified atom stereocenters. The Labute approximate surface area is 98.1 Å². The highest BCUT2D eigenvalue weighted by Gasteiger charge is 2.27. The van der Waals surface area contributed by atoms with Crippen molar-refractivity contribution in [2.75, 3.05) is 0 Å². The van der Waals surface area contributed by atoms with Gasteiger partial charge in [-0.15, -0.1) is 5.10 Å². The summed E-state index contributed by atoms with van der Waals surface area (Å²) >= 11 is 0. The molecule has 0 aromatic carbocycles. The van der Waals surface area contributed by atoms with Crippen LogP contribution in [-0.4, -0.2) is 37.1 Å². The molecule has 1 aromatic heterocycles. The largest absolute Gasteiger partial charge is 0.481 e. The molecule has 1 heterocycles. The van der Waals surface area contributed by atoms with Crippen molar-refractivity contribution >= 4 is 11.9 Å². The maximum atomic E-state index is 10.7. The Hall–Kier alpha value is -1.92. The lowest BCUT2D eigenvalue weighted by molar-refractivity contribution is -0.154. The van der Waals surface area contributed by atoms with Crippen LogP contribution < -0.4 is 0 Å². The third kappa shape index (κ3) is 3.86. The van der Waals surface area contributed by atoms with Crippen molar-refractivity contribution < 1.29 is 19.8 Å². The fourth-order valence-electron chi connectivity index (χ4n) is 1.38.